The van der Waals surface area contributed by atoms with Crippen LogP contribution in [-0.2, 0) is 0 Å². The first-order valence-corrected chi connectivity index (χ1v) is 6.33. The van der Waals surface area contributed by atoms with Crippen LogP contribution in [0.2, 0.25) is 5.02 Å². The summed E-state index contributed by atoms with van der Waals surface area (Å²) in [5, 5.41) is 4.31. The molecule has 0 saturated heterocycles. The first kappa shape index (κ1) is 10.3. The SMILES string of the molecule is Clc1cccc(SCCNC2CC2)c1. The Morgan fingerprint density at radius 3 is 3.00 bits per heavy atom. The molecule has 2 rings (SSSR count). The van der Waals surface area contributed by atoms with Crippen LogP contribution >= 0.6 is 23.4 Å². The van der Waals surface area contributed by atoms with E-state index in [1.165, 1.54) is 17.7 Å². The summed E-state index contributed by atoms with van der Waals surface area (Å²) in [5.41, 5.74) is 0. The van der Waals surface area contributed by atoms with Gasteiger partial charge in [-0.2, -0.15) is 0 Å². The molecule has 0 bridgehead atoms. The van der Waals surface area contributed by atoms with Crippen LogP contribution in [0.1, 0.15) is 12.8 Å². The normalized spacial score (nSPS) is 15.8. The molecule has 0 atom stereocenters. The van der Waals surface area contributed by atoms with E-state index in [0.29, 0.717) is 0 Å². The summed E-state index contributed by atoms with van der Waals surface area (Å²) in [6.45, 7) is 1.10. The fourth-order valence-electron chi connectivity index (χ4n) is 1.28. The Balaban J connectivity index is 1.68. The first-order valence-electron chi connectivity index (χ1n) is 4.96. The van der Waals surface area contributed by atoms with Crippen LogP contribution in [0.15, 0.2) is 29.2 Å². The summed E-state index contributed by atoms with van der Waals surface area (Å²) in [5.74, 6) is 1.12. The number of nitrogens with one attached hydrogen (secondary N) is 1. The molecule has 0 heterocycles. The van der Waals surface area contributed by atoms with Gasteiger partial charge in [-0.1, -0.05) is 17.7 Å². The molecule has 1 aromatic carbocycles. The first-order chi connectivity index (χ1) is 6.84. The Morgan fingerprint density at radius 1 is 1.43 bits per heavy atom. The highest BCUT2D eigenvalue weighted by Crippen LogP contribution is 2.22. The van der Waals surface area contributed by atoms with E-state index in [9.17, 15) is 0 Å². The lowest BCUT2D eigenvalue weighted by Gasteiger charge is -2.03. The molecule has 0 radical (unpaired) electrons. The molecule has 1 aliphatic carbocycles. The van der Waals surface area contributed by atoms with Crippen LogP contribution in [-0.4, -0.2) is 18.3 Å². The summed E-state index contributed by atoms with van der Waals surface area (Å²) >= 11 is 7.75. The largest absolute Gasteiger partial charge is 0.313 e. The summed E-state index contributed by atoms with van der Waals surface area (Å²) in [4.78, 5) is 1.26. The molecular formula is C11H14ClNS. The van der Waals surface area contributed by atoms with Crippen molar-refractivity contribution in [1.29, 1.82) is 0 Å². The van der Waals surface area contributed by atoms with Crippen molar-refractivity contribution in [2.75, 3.05) is 12.3 Å². The molecule has 3 heteroatoms. The van der Waals surface area contributed by atoms with Crippen LogP contribution < -0.4 is 5.32 Å². The zero-order chi connectivity index (χ0) is 9.80. The van der Waals surface area contributed by atoms with Gasteiger partial charge in [-0.15, -0.1) is 11.8 Å². The highest BCUT2D eigenvalue weighted by atomic mass is 35.5. The Bertz CT molecular complexity index is 299. The lowest BCUT2D eigenvalue weighted by Crippen LogP contribution is -2.18. The highest BCUT2D eigenvalue weighted by Gasteiger charge is 2.19. The van der Waals surface area contributed by atoms with Crippen molar-refractivity contribution in [3.63, 3.8) is 0 Å². The molecule has 1 N–H and O–H groups in total. The highest BCUT2D eigenvalue weighted by molar-refractivity contribution is 7.99. The number of rotatable bonds is 5. The second-order valence-corrected chi connectivity index (χ2v) is 5.14. The minimum absolute atomic E-state index is 0.815. The minimum Gasteiger partial charge on any atom is -0.313 e. The van der Waals surface area contributed by atoms with Crippen LogP contribution in [0.3, 0.4) is 0 Å². The van der Waals surface area contributed by atoms with E-state index in [2.05, 4.69) is 11.4 Å². The van der Waals surface area contributed by atoms with Gasteiger partial charge in [-0.3, -0.25) is 0 Å². The van der Waals surface area contributed by atoms with Gasteiger partial charge in [0.05, 0.1) is 0 Å². The zero-order valence-corrected chi connectivity index (χ0v) is 9.57. The van der Waals surface area contributed by atoms with Crippen LogP contribution in [0.5, 0.6) is 0 Å². The predicted molar refractivity (Wildman–Crippen MR) is 63.2 cm³/mol. The maximum Gasteiger partial charge on any atom is 0.0417 e. The monoisotopic (exact) mass is 227 g/mol. The van der Waals surface area contributed by atoms with E-state index >= 15 is 0 Å². The van der Waals surface area contributed by atoms with Gasteiger partial charge in [0.25, 0.3) is 0 Å². The number of hydrogen-bond acceptors (Lipinski definition) is 2. The van der Waals surface area contributed by atoms with Crippen molar-refractivity contribution >= 4 is 23.4 Å². The van der Waals surface area contributed by atoms with Gasteiger partial charge < -0.3 is 5.32 Å². The lowest BCUT2D eigenvalue weighted by molar-refractivity contribution is 0.726. The molecule has 0 aromatic heterocycles. The van der Waals surface area contributed by atoms with E-state index in [4.69, 9.17) is 11.6 Å². The van der Waals surface area contributed by atoms with E-state index < -0.39 is 0 Å². The molecule has 0 spiro atoms. The third kappa shape index (κ3) is 3.52. The van der Waals surface area contributed by atoms with E-state index in [0.717, 1.165) is 23.4 Å². The molecule has 0 aliphatic heterocycles. The molecule has 0 unspecified atom stereocenters. The van der Waals surface area contributed by atoms with Gasteiger partial charge in [-0.25, -0.2) is 0 Å². The lowest BCUT2D eigenvalue weighted by atomic mass is 10.4. The van der Waals surface area contributed by atoms with Gasteiger partial charge >= 0.3 is 0 Å². The van der Waals surface area contributed by atoms with Gasteiger partial charge in [0, 0.05) is 28.3 Å². The number of hydrogen-bond donors (Lipinski definition) is 1. The molecule has 0 amide bonds. The quantitative estimate of drug-likeness (QED) is 0.613. The second-order valence-electron chi connectivity index (χ2n) is 3.53. The smallest absolute Gasteiger partial charge is 0.0417 e. The zero-order valence-electron chi connectivity index (χ0n) is 8.00. The summed E-state index contributed by atoms with van der Waals surface area (Å²) in [6.07, 6.45) is 2.73. The molecule has 1 aromatic rings. The van der Waals surface area contributed by atoms with E-state index in [1.54, 1.807) is 0 Å². The summed E-state index contributed by atoms with van der Waals surface area (Å²) in [6, 6.07) is 8.85. The number of halogens is 1. The average Bonchev–Trinajstić information content (AvgIpc) is 2.96. The molecule has 1 nitrogen and oxygen atoms in total. The number of benzene rings is 1. The third-order valence-electron chi connectivity index (χ3n) is 2.18. The van der Waals surface area contributed by atoms with Gasteiger partial charge in [-0.05, 0) is 31.0 Å². The maximum absolute atomic E-state index is 5.89. The van der Waals surface area contributed by atoms with Crippen molar-refractivity contribution in [3.05, 3.63) is 29.3 Å². The molecule has 1 saturated carbocycles. The minimum atomic E-state index is 0.815. The van der Waals surface area contributed by atoms with Crippen LogP contribution in [0, 0.1) is 0 Å². The molecule has 1 fully saturated rings. The van der Waals surface area contributed by atoms with Gasteiger partial charge in [0.15, 0.2) is 0 Å². The Morgan fingerprint density at radius 2 is 2.29 bits per heavy atom. The standard InChI is InChI=1S/C11H14ClNS/c12-9-2-1-3-11(8-9)14-7-6-13-10-4-5-10/h1-3,8,10,13H,4-7H2. The van der Waals surface area contributed by atoms with E-state index in [-0.39, 0.29) is 0 Å². The maximum atomic E-state index is 5.89. The van der Waals surface area contributed by atoms with Crippen molar-refractivity contribution in [2.45, 2.75) is 23.8 Å². The third-order valence-corrected chi connectivity index (χ3v) is 3.41. The predicted octanol–water partition coefficient (Wildman–Crippen LogP) is 3.18. The fraction of sp³-hybridized carbons (Fsp3) is 0.455. The van der Waals surface area contributed by atoms with Crippen molar-refractivity contribution < 1.29 is 0 Å². The summed E-state index contributed by atoms with van der Waals surface area (Å²) in [7, 11) is 0. The van der Waals surface area contributed by atoms with Crippen LogP contribution in [0.25, 0.3) is 0 Å². The Kier molecular flexibility index (Phi) is 3.74. The fourth-order valence-corrected chi connectivity index (χ4v) is 2.37. The summed E-state index contributed by atoms with van der Waals surface area (Å²) < 4.78 is 0. The molecule has 76 valence electrons. The average molecular weight is 228 g/mol. The van der Waals surface area contributed by atoms with Gasteiger partial charge in [0.2, 0.25) is 0 Å². The van der Waals surface area contributed by atoms with Crippen molar-refractivity contribution in [1.82, 2.24) is 5.32 Å². The second kappa shape index (κ2) is 5.06. The molecule has 1 aliphatic rings. The van der Waals surface area contributed by atoms with Gasteiger partial charge in [0.1, 0.15) is 0 Å². The van der Waals surface area contributed by atoms with Crippen molar-refractivity contribution in [3.8, 4) is 0 Å². The Labute approximate surface area is 94.2 Å². The Hall–Kier alpha value is -0.180. The number of thioether (sulfide) groups is 1. The van der Waals surface area contributed by atoms with Crippen LogP contribution in [0.4, 0.5) is 0 Å². The van der Waals surface area contributed by atoms with E-state index in [1.807, 2.05) is 30.0 Å². The van der Waals surface area contributed by atoms with Crippen molar-refractivity contribution in [2.24, 2.45) is 0 Å². The molecular weight excluding hydrogens is 214 g/mol. The molecule has 14 heavy (non-hydrogen) atoms. The topological polar surface area (TPSA) is 12.0 Å².